The molecule has 0 aromatic carbocycles. The number of nitrogens with zero attached hydrogens (tertiary/aromatic N) is 1. The zero-order chi connectivity index (χ0) is 15.3. The first-order valence-corrected chi connectivity index (χ1v) is 6.66. The van der Waals surface area contributed by atoms with Crippen LogP contribution >= 0.6 is 0 Å². The Morgan fingerprint density at radius 1 is 1.20 bits per heavy atom. The van der Waals surface area contributed by atoms with Crippen LogP contribution in [-0.2, 0) is 4.79 Å². The van der Waals surface area contributed by atoms with Gasteiger partial charge in [-0.25, -0.2) is 0 Å². The second-order valence-electron chi connectivity index (χ2n) is 5.25. The van der Waals surface area contributed by atoms with Gasteiger partial charge in [0.1, 0.15) is 18.3 Å². The predicted molar refractivity (Wildman–Crippen MR) is 69.7 cm³/mol. The third-order valence-corrected chi connectivity index (χ3v) is 3.51. The van der Waals surface area contributed by atoms with E-state index < -0.39 is 31.0 Å². The lowest BCUT2D eigenvalue weighted by molar-refractivity contribution is -0.135. The molecule has 1 amide bonds. The van der Waals surface area contributed by atoms with Gasteiger partial charge in [0.2, 0.25) is 5.91 Å². The molecule has 0 radical (unpaired) electrons. The van der Waals surface area contributed by atoms with Crippen LogP contribution in [0.15, 0.2) is 0 Å². The average Bonchev–Trinajstić information content (AvgIpc) is 2.37. The summed E-state index contributed by atoms with van der Waals surface area (Å²) in [5.74, 6) is 0.356. The van der Waals surface area contributed by atoms with Crippen molar-refractivity contribution in [3.8, 4) is 0 Å². The van der Waals surface area contributed by atoms with Crippen LogP contribution in [0.4, 0.5) is 0 Å². The summed E-state index contributed by atoms with van der Waals surface area (Å²) in [7, 11) is 0. The molecule has 0 bridgehead atoms. The fourth-order valence-corrected chi connectivity index (χ4v) is 2.08. The monoisotopic (exact) mass is 292 g/mol. The van der Waals surface area contributed by atoms with Gasteiger partial charge in [0, 0.05) is 39.0 Å². The van der Waals surface area contributed by atoms with Crippen LogP contribution in [-0.4, -0.2) is 93.5 Å². The number of aliphatic hydroxyl groups is 5. The number of hydrogen-bond donors (Lipinski definition) is 6. The van der Waals surface area contributed by atoms with Crippen molar-refractivity contribution >= 4 is 5.91 Å². The molecule has 8 nitrogen and oxygen atoms in total. The van der Waals surface area contributed by atoms with Gasteiger partial charge < -0.3 is 35.7 Å². The lowest BCUT2D eigenvalue weighted by Crippen LogP contribution is -2.54. The zero-order valence-electron chi connectivity index (χ0n) is 11.5. The summed E-state index contributed by atoms with van der Waals surface area (Å²) >= 11 is 0. The van der Waals surface area contributed by atoms with Gasteiger partial charge in [0.25, 0.3) is 0 Å². The zero-order valence-corrected chi connectivity index (χ0v) is 11.5. The minimum absolute atomic E-state index is 0.0396. The van der Waals surface area contributed by atoms with Crippen molar-refractivity contribution in [3.63, 3.8) is 0 Å². The topological polar surface area (TPSA) is 133 Å². The Bertz CT molecular complexity index is 310. The summed E-state index contributed by atoms with van der Waals surface area (Å²) in [5, 5.41) is 49.4. The highest BCUT2D eigenvalue weighted by Gasteiger charge is 2.31. The van der Waals surface area contributed by atoms with E-state index in [9.17, 15) is 20.1 Å². The van der Waals surface area contributed by atoms with E-state index >= 15 is 0 Å². The summed E-state index contributed by atoms with van der Waals surface area (Å²) in [6.07, 6.45) is -5.89. The van der Waals surface area contributed by atoms with E-state index in [-0.39, 0.29) is 12.5 Å². The first-order chi connectivity index (χ1) is 9.36. The molecular formula is C12H24N2O6. The standard InChI is InChI=1S/C12H24N2O6/c1-7(16)14-4-8(5-14)2-13-3-9(17)11(19)12(20)10(18)6-15/h8-13,15,17-20H,2-6H2,1H3/t9-,10+,11+,12+/m0/s1. The largest absolute Gasteiger partial charge is 0.394 e. The summed E-state index contributed by atoms with van der Waals surface area (Å²) in [4.78, 5) is 12.7. The first kappa shape index (κ1) is 17.3. The highest BCUT2D eigenvalue weighted by Crippen LogP contribution is 2.14. The van der Waals surface area contributed by atoms with Crippen LogP contribution in [0.5, 0.6) is 0 Å². The summed E-state index contributed by atoms with van der Waals surface area (Å²) in [6, 6.07) is 0. The first-order valence-electron chi connectivity index (χ1n) is 6.66. The van der Waals surface area contributed by atoms with Crippen molar-refractivity contribution in [2.24, 2.45) is 5.92 Å². The quantitative estimate of drug-likeness (QED) is 0.273. The number of amides is 1. The molecule has 1 aliphatic heterocycles. The van der Waals surface area contributed by atoms with Crippen molar-refractivity contribution in [2.75, 3.05) is 32.8 Å². The average molecular weight is 292 g/mol. The molecule has 118 valence electrons. The van der Waals surface area contributed by atoms with Crippen LogP contribution in [0.1, 0.15) is 6.92 Å². The number of hydrogen-bond acceptors (Lipinski definition) is 7. The van der Waals surface area contributed by atoms with Gasteiger partial charge in [0.05, 0.1) is 12.7 Å². The number of carbonyl (C=O) groups excluding carboxylic acids is 1. The molecule has 8 heteroatoms. The molecule has 0 spiro atoms. The maximum Gasteiger partial charge on any atom is 0.219 e. The van der Waals surface area contributed by atoms with Crippen molar-refractivity contribution in [3.05, 3.63) is 0 Å². The molecule has 1 saturated heterocycles. The van der Waals surface area contributed by atoms with Crippen LogP contribution in [0.2, 0.25) is 0 Å². The van der Waals surface area contributed by atoms with Crippen molar-refractivity contribution in [1.82, 2.24) is 10.2 Å². The molecule has 0 aromatic rings. The van der Waals surface area contributed by atoms with Gasteiger partial charge in [-0.05, 0) is 0 Å². The maximum atomic E-state index is 11.0. The van der Waals surface area contributed by atoms with Gasteiger partial charge in [-0.1, -0.05) is 0 Å². The van der Waals surface area contributed by atoms with E-state index in [2.05, 4.69) is 5.32 Å². The lowest BCUT2D eigenvalue weighted by Gasteiger charge is -2.39. The van der Waals surface area contributed by atoms with E-state index in [4.69, 9.17) is 10.2 Å². The van der Waals surface area contributed by atoms with Crippen LogP contribution in [0.25, 0.3) is 0 Å². The van der Waals surface area contributed by atoms with Crippen LogP contribution in [0.3, 0.4) is 0 Å². The number of carbonyl (C=O) groups is 1. The van der Waals surface area contributed by atoms with Gasteiger partial charge in [-0.2, -0.15) is 0 Å². The molecule has 0 saturated carbocycles. The summed E-state index contributed by atoms with van der Waals surface area (Å²) in [5.41, 5.74) is 0. The third kappa shape index (κ3) is 4.65. The molecule has 0 unspecified atom stereocenters. The Kier molecular flexibility index (Phi) is 6.80. The molecule has 0 aliphatic carbocycles. The van der Waals surface area contributed by atoms with E-state index in [0.717, 1.165) is 0 Å². The van der Waals surface area contributed by atoms with Crippen molar-refractivity contribution < 1.29 is 30.3 Å². The molecule has 6 N–H and O–H groups in total. The summed E-state index contributed by atoms with van der Waals surface area (Å²) < 4.78 is 0. The summed E-state index contributed by atoms with van der Waals surface area (Å²) in [6.45, 7) is 2.80. The molecule has 4 atom stereocenters. The maximum absolute atomic E-state index is 11.0. The van der Waals surface area contributed by atoms with E-state index in [1.807, 2.05) is 0 Å². The normalized spacial score (nSPS) is 22.0. The van der Waals surface area contributed by atoms with Crippen molar-refractivity contribution in [2.45, 2.75) is 31.3 Å². The van der Waals surface area contributed by atoms with Crippen molar-refractivity contribution in [1.29, 1.82) is 0 Å². The van der Waals surface area contributed by atoms with E-state index in [1.54, 1.807) is 4.90 Å². The Labute approximate surface area is 117 Å². The van der Waals surface area contributed by atoms with E-state index in [1.165, 1.54) is 6.92 Å². The third-order valence-electron chi connectivity index (χ3n) is 3.51. The van der Waals surface area contributed by atoms with Crippen LogP contribution in [0, 0.1) is 5.92 Å². The van der Waals surface area contributed by atoms with Crippen LogP contribution < -0.4 is 5.32 Å². The Morgan fingerprint density at radius 2 is 1.75 bits per heavy atom. The predicted octanol–water partition coefficient (Wildman–Crippen LogP) is -3.51. The number of rotatable bonds is 8. The highest BCUT2D eigenvalue weighted by atomic mass is 16.4. The Morgan fingerprint density at radius 3 is 2.25 bits per heavy atom. The van der Waals surface area contributed by atoms with Gasteiger partial charge in [0.15, 0.2) is 0 Å². The fourth-order valence-electron chi connectivity index (χ4n) is 2.08. The fraction of sp³-hybridized carbons (Fsp3) is 0.917. The Balaban J connectivity index is 2.17. The van der Waals surface area contributed by atoms with Gasteiger partial charge >= 0.3 is 0 Å². The number of likely N-dealkylation sites (tertiary alicyclic amines) is 1. The molecule has 20 heavy (non-hydrogen) atoms. The minimum atomic E-state index is -1.60. The number of aliphatic hydroxyl groups excluding tert-OH is 5. The minimum Gasteiger partial charge on any atom is -0.394 e. The lowest BCUT2D eigenvalue weighted by atomic mass is 9.99. The second-order valence-corrected chi connectivity index (χ2v) is 5.25. The number of nitrogens with one attached hydrogen (secondary N) is 1. The van der Waals surface area contributed by atoms with E-state index in [0.29, 0.717) is 25.6 Å². The molecule has 1 heterocycles. The molecule has 1 aliphatic rings. The van der Waals surface area contributed by atoms with Gasteiger partial charge in [-0.15, -0.1) is 0 Å². The van der Waals surface area contributed by atoms with Gasteiger partial charge in [-0.3, -0.25) is 4.79 Å². The molecule has 1 fully saturated rings. The highest BCUT2D eigenvalue weighted by molar-refractivity contribution is 5.74. The molecule has 1 rings (SSSR count). The molecular weight excluding hydrogens is 268 g/mol. The smallest absolute Gasteiger partial charge is 0.219 e. The second kappa shape index (κ2) is 7.87. The Hall–Kier alpha value is -0.770. The molecule has 0 aromatic heterocycles. The SMILES string of the molecule is CC(=O)N1CC(CNC[C@H](O)[C@@H](O)[C@H](O)[C@H](O)CO)C1.